The van der Waals surface area contributed by atoms with Crippen LogP contribution in [0.25, 0.3) is 0 Å². The van der Waals surface area contributed by atoms with Crippen LogP contribution in [0.15, 0.2) is 17.6 Å². The van der Waals surface area contributed by atoms with E-state index in [1.165, 1.54) is 12.5 Å². The van der Waals surface area contributed by atoms with Crippen molar-refractivity contribution < 1.29 is 8.42 Å². The maximum Gasteiger partial charge on any atom is 0.257 e. The standard InChI is InChI=1S/C10H17N5O2S2/c11-9(18)6-15-3-1-8(2-4-15)14-19(16,17)10-5-12-7-13-10/h5,7-8,14H,1-4,6H2,(H2,11,18)(H,12,13). The van der Waals surface area contributed by atoms with E-state index in [0.717, 1.165) is 25.9 Å². The number of nitrogens with zero attached hydrogens (tertiary/aromatic N) is 2. The molecule has 1 saturated heterocycles. The number of aromatic amines is 1. The van der Waals surface area contributed by atoms with E-state index < -0.39 is 10.0 Å². The molecule has 9 heteroatoms. The lowest BCUT2D eigenvalue weighted by atomic mass is 10.1. The lowest BCUT2D eigenvalue weighted by molar-refractivity contribution is 0.232. The monoisotopic (exact) mass is 303 g/mol. The second-order valence-corrected chi connectivity index (χ2v) is 6.76. The second kappa shape index (κ2) is 5.95. The molecule has 1 aliphatic heterocycles. The van der Waals surface area contributed by atoms with Gasteiger partial charge < -0.3 is 10.7 Å². The van der Waals surface area contributed by atoms with Crippen LogP contribution >= 0.6 is 12.2 Å². The number of imidazole rings is 1. The van der Waals surface area contributed by atoms with Gasteiger partial charge in [0.15, 0.2) is 5.03 Å². The minimum atomic E-state index is -3.49. The smallest absolute Gasteiger partial charge is 0.257 e. The van der Waals surface area contributed by atoms with Crippen molar-refractivity contribution in [3.8, 4) is 0 Å². The van der Waals surface area contributed by atoms with Crippen molar-refractivity contribution in [2.24, 2.45) is 5.73 Å². The molecule has 0 aromatic carbocycles. The molecular formula is C10H17N5O2S2. The summed E-state index contributed by atoms with van der Waals surface area (Å²) in [4.78, 5) is 8.91. The molecule has 0 radical (unpaired) electrons. The number of nitrogens with two attached hydrogens (primary N) is 1. The highest BCUT2D eigenvalue weighted by molar-refractivity contribution is 7.89. The maximum atomic E-state index is 12.0. The lowest BCUT2D eigenvalue weighted by Gasteiger charge is -2.31. The molecule has 106 valence electrons. The van der Waals surface area contributed by atoms with Gasteiger partial charge in [-0.05, 0) is 12.8 Å². The van der Waals surface area contributed by atoms with Gasteiger partial charge in [-0.1, -0.05) is 12.2 Å². The Morgan fingerprint density at radius 2 is 2.26 bits per heavy atom. The van der Waals surface area contributed by atoms with E-state index in [9.17, 15) is 8.42 Å². The first-order valence-electron chi connectivity index (χ1n) is 5.99. The van der Waals surface area contributed by atoms with Gasteiger partial charge in [-0.3, -0.25) is 4.90 Å². The van der Waals surface area contributed by atoms with Crippen LogP contribution < -0.4 is 10.5 Å². The third kappa shape index (κ3) is 3.96. The SMILES string of the molecule is NC(=S)CN1CCC(NS(=O)(=O)c2cnc[nH]2)CC1. The fourth-order valence-electron chi connectivity index (χ4n) is 2.10. The van der Waals surface area contributed by atoms with E-state index in [0.29, 0.717) is 11.5 Å². The van der Waals surface area contributed by atoms with Crippen LogP contribution in [-0.4, -0.2) is 54.0 Å². The molecule has 0 saturated carbocycles. The summed E-state index contributed by atoms with van der Waals surface area (Å²) >= 11 is 4.86. The van der Waals surface area contributed by atoms with E-state index in [2.05, 4.69) is 19.6 Å². The van der Waals surface area contributed by atoms with E-state index in [1.54, 1.807) is 0 Å². The van der Waals surface area contributed by atoms with Gasteiger partial charge in [-0.25, -0.2) is 18.1 Å². The van der Waals surface area contributed by atoms with Gasteiger partial charge >= 0.3 is 0 Å². The van der Waals surface area contributed by atoms with Gasteiger partial charge in [-0.15, -0.1) is 0 Å². The Morgan fingerprint density at radius 3 is 2.79 bits per heavy atom. The van der Waals surface area contributed by atoms with Gasteiger partial charge in [0, 0.05) is 25.7 Å². The van der Waals surface area contributed by atoms with Gasteiger partial charge in [0.1, 0.15) is 0 Å². The number of nitrogens with one attached hydrogen (secondary N) is 2. The number of hydrogen-bond acceptors (Lipinski definition) is 5. The number of piperidine rings is 1. The molecule has 1 aromatic heterocycles. The molecule has 1 aliphatic rings. The Morgan fingerprint density at radius 1 is 1.58 bits per heavy atom. The first-order valence-corrected chi connectivity index (χ1v) is 7.88. The second-order valence-electron chi connectivity index (χ2n) is 4.55. The van der Waals surface area contributed by atoms with Crippen LogP contribution in [0.5, 0.6) is 0 Å². The van der Waals surface area contributed by atoms with Gasteiger partial charge in [0.05, 0.1) is 17.5 Å². The number of aromatic nitrogens is 2. The number of sulfonamides is 1. The minimum absolute atomic E-state index is 0.0594. The summed E-state index contributed by atoms with van der Waals surface area (Å²) in [5, 5.41) is 0.0954. The zero-order valence-corrected chi connectivity index (χ0v) is 12.0. The van der Waals surface area contributed by atoms with Crippen LogP contribution in [-0.2, 0) is 10.0 Å². The molecule has 0 unspecified atom stereocenters. The highest BCUT2D eigenvalue weighted by atomic mass is 32.2. The Kier molecular flexibility index (Phi) is 4.50. The topological polar surface area (TPSA) is 104 Å². The average molecular weight is 303 g/mol. The number of likely N-dealkylation sites (tertiary alicyclic amines) is 1. The van der Waals surface area contributed by atoms with E-state index in [1.807, 2.05) is 0 Å². The molecule has 4 N–H and O–H groups in total. The van der Waals surface area contributed by atoms with Crippen molar-refractivity contribution in [1.29, 1.82) is 0 Å². The zero-order valence-electron chi connectivity index (χ0n) is 10.4. The highest BCUT2D eigenvalue weighted by Gasteiger charge is 2.25. The van der Waals surface area contributed by atoms with E-state index in [-0.39, 0.29) is 11.1 Å². The summed E-state index contributed by atoms with van der Waals surface area (Å²) < 4.78 is 26.6. The summed E-state index contributed by atoms with van der Waals surface area (Å²) in [7, 11) is -3.49. The number of thiocarbonyl (C=S) groups is 1. The largest absolute Gasteiger partial charge is 0.392 e. The predicted octanol–water partition coefficient (Wildman–Crippen LogP) is -0.561. The lowest BCUT2D eigenvalue weighted by Crippen LogP contribution is -2.46. The number of rotatable bonds is 5. The summed E-state index contributed by atoms with van der Waals surface area (Å²) in [6.07, 6.45) is 4.13. The fraction of sp³-hybridized carbons (Fsp3) is 0.600. The summed E-state index contributed by atoms with van der Waals surface area (Å²) in [6.45, 7) is 2.16. The number of H-pyrrole nitrogens is 1. The molecule has 19 heavy (non-hydrogen) atoms. The van der Waals surface area contributed by atoms with Gasteiger partial charge in [0.25, 0.3) is 10.0 Å². The Balaban J connectivity index is 1.88. The van der Waals surface area contributed by atoms with Crippen molar-refractivity contribution in [2.75, 3.05) is 19.6 Å². The molecular weight excluding hydrogens is 286 g/mol. The minimum Gasteiger partial charge on any atom is -0.392 e. The average Bonchev–Trinajstić information content (AvgIpc) is 2.85. The molecule has 2 heterocycles. The third-order valence-electron chi connectivity index (χ3n) is 3.05. The molecule has 0 atom stereocenters. The molecule has 1 fully saturated rings. The van der Waals surface area contributed by atoms with E-state index in [4.69, 9.17) is 18.0 Å². The van der Waals surface area contributed by atoms with Crippen molar-refractivity contribution >= 4 is 27.2 Å². The van der Waals surface area contributed by atoms with E-state index >= 15 is 0 Å². The highest BCUT2D eigenvalue weighted by Crippen LogP contribution is 2.13. The predicted molar refractivity (Wildman–Crippen MR) is 75.2 cm³/mol. The Hall–Kier alpha value is -1.03. The molecule has 0 spiro atoms. The molecule has 7 nitrogen and oxygen atoms in total. The Bertz CT molecular complexity index is 520. The van der Waals surface area contributed by atoms with Crippen molar-refractivity contribution in [2.45, 2.75) is 23.9 Å². The maximum absolute atomic E-state index is 12.0. The van der Waals surface area contributed by atoms with Crippen molar-refractivity contribution in [3.05, 3.63) is 12.5 Å². The van der Waals surface area contributed by atoms with Gasteiger partial charge in [0.2, 0.25) is 0 Å². The molecule has 2 rings (SSSR count). The molecule has 1 aromatic rings. The summed E-state index contributed by atoms with van der Waals surface area (Å²) in [5.74, 6) is 0. The van der Waals surface area contributed by atoms with Crippen LogP contribution in [0.1, 0.15) is 12.8 Å². The van der Waals surface area contributed by atoms with Crippen LogP contribution in [0.4, 0.5) is 0 Å². The molecule has 0 amide bonds. The third-order valence-corrected chi connectivity index (χ3v) is 4.63. The first kappa shape index (κ1) is 14.4. The quantitative estimate of drug-likeness (QED) is 0.630. The fourth-order valence-corrected chi connectivity index (χ4v) is 3.49. The van der Waals surface area contributed by atoms with Crippen LogP contribution in [0.2, 0.25) is 0 Å². The zero-order chi connectivity index (χ0) is 13.9. The normalized spacial score (nSPS) is 18.5. The van der Waals surface area contributed by atoms with Crippen LogP contribution in [0.3, 0.4) is 0 Å². The van der Waals surface area contributed by atoms with Gasteiger partial charge in [-0.2, -0.15) is 0 Å². The van der Waals surface area contributed by atoms with Crippen molar-refractivity contribution in [1.82, 2.24) is 19.6 Å². The molecule has 0 aliphatic carbocycles. The van der Waals surface area contributed by atoms with Crippen LogP contribution in [0, 0.1) is 0 Å². The Labute approximate surface area is 117 Å². The first-order chi connectivity index (χ1) is 8.97. The molecule has 0 bridgehead atoms. The summed E-state index contributed by atoms with van der Waals surface area (Å²) in [5.41, 5.74) is 5.49. The van der Waals surface area contributed by atoms with Crippen molar-refractivity contribution in [3.63, 3.8) is 0 Å². The summed E-state index contributed by atoms with van der Waals surface area (Å²) in [6, 6.07) is -0.0594. The number of hydrogen-bond donors (Lipinski definition) is 3.